The van der Waals surface area contributed by atoms with Crippen molar-refractivity contribution in [1.29, 1.82) is 0 Å². The molecule has 2 heterocycles. The summed E-state index contributed by atoms with van der Waals surface area (Å²) in [5, 5.41) is 19.8. The van der Waals surface area contributed by atoms with Crippen molar-refractivity contribution in [3.05, 3.63) is 35.9 Å². The number of esters is 1. The molecule has 3 rings (SSSR count). The van der Waals surface area contributed by atoms with Crippen LogP contribution in [0.4, 0.5) is 0 Å². The van der Waals surface area contributed by atoms with Crippen LogP contribution in [0.25, 0.3) is 0 Å². The number of likely N-dealkylation sites (N-methyl/N-ethyl adjacent to an activating group) is 1. The number of ether oxygens (including phenoxy) is 1. The van der Waals surface area contributed by atoms with Crippen LogP contribution in [-0.2, 0) is 9.53 Å². The number of fused-ring (bicyclic) bond motifs is 2. The number of hydrogen-bond acceptors (Lipinski definition) is 4. The molecule has 5 nitrogen and oxygen atoms in total. The van der Waals surface area contributed by atoms with Gasteiger partial charge in [0.25, 0.3) is 0 Å². The number of carbonyl (C=O) groups excluding carboxylic acids is 1. The van der Waals surface area contributed by atoms with Crippen LogP contribution in [0.15, 0.2) is 30.3 Å². The molecule has 0 amide bonds. The summed E-state index contributed by atoms with van der Waals surface area (Å²) in [4.78, 5) is 12.5. The number of nitrogens with zero attached hydrogens (tertiary/aromatic N) is 1. The summed E-state index contributed by atoms with van der Waals surface area (Å²) in [7, 11) is 4.29. The van der Waals surface area contributed by atoms with E-state index < -0.39 is 5.92 Å². The van der Waals surface area contributed by atoms with Gasteiger partial charge in [0.15, 0.2) is 0 Å². The summed E-state index contributed by atoms with van der Waals surface area (Å²) in [6.45, 7) is -0.257. The van der Waals surface area contributed by atoms with Crippen molar-refractivity contribution in [3.8, 4) is 0 Å². The maximum absolute atomic E-state index is 12.5. The third kappa shape index (κ3) is 3.01. The molecule has 0 aliphatic carbocycles. The molecule has 2 N–H and O–H groups in total. The number of hydrogen-bond donors (Lipinski definition) is 2. The Labute approximate surface area is 137 Å². The molecular formula is C18H26NO4+. The van der Waals surface area contributed by atoms with Gasteiger partial charge in [0.2, 0.25) is 0 Å². The molecule has 5 atom stereocenters. The van der Waals surface area contributed by atoms with E-state index in [1.54, 1.807) is 0 Å². The predicted molar refractivity (Wildman–Crippen MR) is 85.7 cm³/mol. The van der Waals surface area contributed by atoms with Crippen molar-refractivity contribution in [3.63, 3.8) is 0 Å². The lowest BCUT2D eigenvalue weighted by Crippen LogP contribution is -2.57. The lowest BCUT2D eigenvalue weighted by molar-refractivity contribution is -0.932. The standard InChI is InChI=1S/C18H26NO4/c1-19(2)13-8-14(10-16(19)17(21)9-13)23-18(22)15(11-20)12-6-4-3-5-7-12/h3-7,13-17,20-21H,8-11H2,1-2H3/q+1/t13-,14-,15-,16-,17+/m0/s1. The van der Waals surface area contributed by atoms with E-state index in [0.29, 0.717) is 12.5 Å². The molecule has 0 spiro atoms. The normalized spacial score (nSPS) is 33.2. The highest BCUT2D eigenvalue weighted by atomic mass is 16.5. The summed E-state index contributed by atoms with van der Waals surface area (Å²) in [5.41, 5.74) is 0.773. The summed E-state index contributed by atoms with van der Waals surface area (Å²) in [6, 6.07) is 9.68. The SMILES string of the molecule is C[N+]1(C)[C@H]2C[C@H](OC(=O)[C@@H](CO)c3ccccc3)C[C@H]1[C@H](O)C2. The van der Waals surface area contributed by atoms with Gasteiger partial charge in [-0.25, -0.2) is 0 Å². The molecule has 2 fully saturated rings. The van der Waals surface area contributed by atoms with Gasteiger partial charge in [0.05, 0.1) is 26.7 Å². The van der Waals surface area contributed by atoms with E-state index >= 15 is 0 Å². The predicted octanol–water partition coefficient (Wildman–Crippen LogP) is 1.05. The second-order valence-electron chi connectivity index (χ2n) is 7.33. The van der Waals surface area contributed by atoms with E-state index in [1.807, 2.05) is 30.3 Å². The van der Waals surface area contributed by atoms with Gasteiger partial charge < -0.3 is 19.4 Å². The second-order valence-corrected chi connectivity index (χ2v) is 7.33. The summed E-state index contributed by atoms with van der Waals surface area (Å²) < 4.78 is 6.50. The Hall–Kier alpha value is -1.43. The number of piperidine rings is 1. The summed E-state index contributed by atoms with van der Waals surface area (Å²) in [6.07, 6.45) is 1.75. The van der Waals surface area contributed by atoms with Crippen LogP contribution in [0.5, 0.6) is 0 Å². The Bertz CT molecular complexity index is 559. The maximum atomic E-state index is 12.5. The van der Waals surface area contributed by atoms with Gasteiger partial charge in [-0.1, -0.05) is 30.3 Å². The third-order valence-corrected chi connectivity index (χ3v) is 5.74. The van der Waals surface area contributed by atoms with E-state index in [9.17, 15) is 15.0 Å². The van der Waals surface area contributed by atoms with Gasteiger partial charge in [-0.2, -0.15) is 0 Å². The zero-order valence-electron chi connectivity index (χ0n) is 13.8. The molecule has 1 aromatic carbocycles. The zero-order chi connectivity index (χ0) is 16.6. The number of aliphatic hydroxyl groups excluding tert-OH is 2. The minimum absolute atomic E-state index is 0.121. The molecule has 23 heavy (non-hydrogen) atoms. The molecule has 0 aromatic heterocycles. The first kappa shape index (κ1) is 16.4. The molecule has 2 saturated heterocycles. The van der Waals surface area contributed by atoms with Gasteiger partial charge in [0.1, 0.15) is 24.2 Å². The zero-order valence-corrected chi connectivity index (χ0v) is 13.8. The average molecular weight is 320 g/mol. The molecule has 5 heteroatoms. The molecule has 1 aromatic rings. The number of quaternary nitrogens is 1. The van der Waals surface area contributed by atoms with Crippen LogP contribution in [0.1, 0.15) is 30.7 Å². The molecule has 2 aliphatic heterocycles. The van der Waals surface area contributed by atoms with Crippen LogP contribution in [0.2, 0.25) is 0 Å². The number of benzene rings is 1. The van der Waals surface area contributed by atoms with Gasteiger partial charge >= 0.3 is 5.97 Å². The van der Waals surface area contributed by atoms with Crippen molar-refractivity contribution in [2.75, 3.05) is 20.7 Å². The smallest absolute Gasteiger partial charge is 0.316 e. The first-order valence-corrected chi connectivity index (χ1v) is 8.31. The Kier molecular flexibility index (Phi) is 4.45. The highest BCUT2D eigenvalue weighted by Gasteiger charge is 2.55. The number of carbonyl (C=O) groups is 1. The van der Waals surface area contributed by atoms with Crippen molar-refractivity contribution in [2.45, 2.75) is 49.5 Å². The van der Waals surface area contributed by atoms with E-state index in [-0.39, 0.29) is 30.8 Å². The Balaban J connectivity index is 1.67. The Morgan fingerprint density at radius 2 is 1.96 bits per heavy atom. The van der Waals surface area contributed by atoms with Crippen LogP contribution < -0.4 is 0 Å². The number of rotatable bonds is 4. The quantitative estimate of drug-likeness (QED) is 0.643. The maximum Gasteiger partial charge on any atom is 0.316 e. The highest BCUT2D eigenvalue weighted by molar-refractivity contribution is 5.78. The van der Waals surface area contributed by atoms with Crippen molar-refractivity contribution >= 4 is 5.97 Å². The van der Waals surface area contributed by atoms with Gasteiger partial charge in [-0.3, -0.25) is 4.79 Å². The first-order chi connectivity index (χ1) is 10.9. The molecule has 0 radical (unpaired) electrons. The summed E-state index contributed by atoms with van der Waals surface area (Å²) >= 11 is 0. The minimum atomic E-state index is -0.636. The first-order valence-electron chi connectivity index (χ1n) is 8.31. The highest BCUT2D eigenvalue weighted by Crippen LogP contribution is 2.41. The lowest BCUT2D eigenvalue weighted by atomic mass is 9.96. The van der Waals surface area contributed by atoms with E-state index in [4.69, 9.17) is 4.74 Å². The molecule has 2 aliphatic rings. The van der Waals surface area contributed by atoms with Crippen LogP contribution in [0, 0.1) is 0 Å². The molecular weight excluding hydrogens is 294 g/mol. The monoisotopic (exact) mass is 320 g/mol. The fourth-order valence-corrected chi connectivity index (χ4v) is 4.23. The molecule has 126 valence electrons. The Morgan fingerprint density at radius 3 is 2.57 bits per heavy atom. The Morgan fingerprint density at radius 1 is 1.26 bits per heavy atom. The number of aliphatic hydroxyl groups is 2. The van der Waals surface area contributed by atoms with Crippen molar-refractivity contribution in [2.24, 2.45) is 0 Å². The lowest BCUT2D eigenvalue weighted by Gasteiger charge is -2.44. The van der Waals surface area contributed by atoms with Gasteiger partial charge in [-0.15, -0.1) is 0 Å². The van der Waals surface area contributed by atoms with Gasteiger partial charge in [0, 0.05) is 19.3 Å². The van der Waals surface area contributed by atoms with Crippen LogP contribution in [-0.4, -0.2) is 65.7 Å². The average Bonchev–Trinajstić information content (AvgIpc) is 2.65. The second kappa shape index (κ2) is 6.23. The van der Waals surface area contributed by atoms with Crippen LogP contribution in [0.3, 0.4) is 0 Å². The van der Waals surface area contributed by atoms with E-state index in [2.05, 4.69) is 14.1 Å². The van der Waals surface area contributed by atoms with Crippen molar-refractivity contribution < 1.29 is 24.2 Å². The fraction of sp³-hybridized carbons (Fsp3) is 0.611. The fourth-order valence-electron chi connectivity index (χ4n) is 4.23. The topological polar surface area (TPSA) is 66.8 Å². The third-order valence-electron chi connectivity index (χ3n) is 5.74. The van der Waals surface area contributed by atoms with Crippen LogP contribution >= 0.6 is 0 Å². The van der Waals surface area contributed by atoms with E-state index in [1.165, 1.54) is 0 Å². The largest absolute Gasteiger partial charge is 0.461 e. The molecule has 2 bridgehead atoms. The molecule has 0 saturated carbocycles. The van der Waals surface area contributed by atoms with Crippen molar-refractivity contribution in [1.82, 2.24) is 0 Å². The summed E-state index contributed by atoms with van der Waals surface area (Å²) in [5.74, 6) is -1.01. The molecule has 0 unspecified atom stereocenters. The minimum Gasteiger partial charge on any atom is -0.461 e. The van der Waals surface area contributed by atoms with Gasteiger partial charge in [-0.05, 0) is 5.56 Å². The van der Waals surface area contributed by atoms with E-state index in [0.717, 1.165) is 22.9 Å².